The third kappa shape index (κ3) is 3.86. The van der Waals surface area contributed by atoms with Gasteiger partial charge in [-0.3, -0.25) is 19.3 Å². The van der Waals surface area contributed by atoms with Crippen LogP contribution < -0.4 is 5.56 Å². The summed E-state index contributed by atoms with van der Waals surface area (Å²) in [6, 6.07) is 11.8. The van der Waals surface area contributed by atoms with Crippen LogP contribution in [0.5, 0.6) is 0 Å². The highest BCUT2D eigenvalue weighted by Crippen LogP contribution is 2.31. The first-order chi connectivity index (χ1) is 15.8. The molecule has 2 aromatic heterocycles. The third-order valence-electron chi connectivity index (χ3n) is 5.78. The molecule has 7 nitrogen and oxygen atoms in total. The maximum Gasteiger partial charge on any atom is 0.406 e. The molecule has 0 atom stereocenters. The van der Waals surface area contributed by atoms with Crippen LogP contribution in [-0.2, 0) is 11.3 Å². The molecule has 0 unspecified atom stereocenters. The number of pyridine rings is 1. The van der Waals surface area contributed by atoms with Crippen molar-refractivity contribution in [1.29, 1.82) is 0 Å². The number of carbonyl (C=O) groups excluding carboxylic acids is 1. The highest BCUT2D eigenvalue weighted by Gasteiger charge is 2.30. The molecule has 0 bridgehead atoms. The van der Waals surface area contributed by atoms with Gasteiger partial charge in [0, 0.05) is 24.0 Å². The van der Waals surface area contributed by atoms with E-state index < -0.39 is 18.3 Å². The number of fused-ring (bicyclic) bond motifs is 3. The standard InChI is InChI=1S/C23H19F3N4O3/c24-23(25,26)13-30-19-11-14(5-6-17(19)20-18(22(30)32)12-27-28-20)15-3-1-2-4-16(15)21(31)29-7-9-33-10-8-29/h1-6,11-12H,7-10,13H2,(H,27,28). The predicted octanol–water partition coefficient (Wildman–Crippen LogP) is 3.58. The van der Waals surface area contributed by atoms with Crippen molar-refractivity contribution in [3.63, 3.8) is 0 Å². The van der Waals surface area contributed by atoms with E-state index in [2.05, 4.69) is 10.2 Å². The van der Waals surface area contributed by atoms with Crippen LogP contribution in [0.25, 0.3) is 32.9 Å². The SMILES string of the molecule is O=C(c1ccccc1-c1ccc2c3[nH]ncc3c(=O)n(CC(F)(F)F)c2c1)N1CCOCC1. The zero-order valence-corrected chi connectivity index (χ0v) is 17.4. The quantitative estimate of drug-likeness (QED) is 0.511. The highest BCUT2D eigenvalue weighted by molar-refractivity contribution is 6.06. The number of amides is 1. The maximum absolute atomic E-state index is 13.3. The fourth-order valence-electron chi connectivity index (χ4n) is 4.24. The second-order valence-corrected chi connectivity index (χ2v) is 7.85. The molecule has 3 heterocycles. The van der Waals surface area contributed by atoms with E-state index >= 15 is 0 Å². The Morgan fingerprint density at radius 2 is 1.85 bits per heavy atom. The molecule has 1 aliphatic heterocycles. The summed E-state index contributed by atoms with van der Waals surface area (Å²) >= 11 is 0. The number of morpholine rings is 1. The molecule has 0 aliphatic carbocycles. The smallest absolute Gasteiger partial charge is 0.378 e. The number of aromatic amines is 1. The largest absolute Gasteiger partial charge is 0.406 e. The number of aromatic nitrogens is 3. The van der Waals surface area contributed by atoms with Gasteiger partial charge in [-0.2, -0.15) is 18.3 Å². The van der Waals surface area contributed by atoms with E-state index in [1.807, 2.05) is 0 Å². The zero-order chi connectivity index (χ0) is 23.2. The van der Waals surface area contributed by atoms with Crippen molar-refractivity contribution in [2.24, 2.45) is 0 Å². The summed E-state index contributed by atoms with van der Waals surface area (Å²) in [5.74, 6) is -0.175. The van der Waals surface area contributed by atoms with Gasteiger partial charge in [-0.1, -0.05) is 30.3 Å². The van der Waals surface area contributed by atoms with Crippen molar-refractivity contribution < 1.29 is 22.7 Å². The van der Waals surface area contributed by atoms with Gasteiger partial charge < -0.3 is 9.64 Å². The summed E-state index contributed by atoms with van der Waals surface area (Å²) in [6.45, 7) is 0.407. The second kappa shape index (κ2) is 8.04. The molecule has 0 spiro atoms. The van der Waals surface area contributed by atoms with Crippen molar-refractivity contribution >= 4 is 27.7 Å². The van der Waals surface area contributed by atoms with E-state index in [0.717, 1.165) is 0 Å². The van der Waals surface area contributed by atoms with E-state index in [1.165, 1.54) is 12.3 Å². The van der Waals surface area contributed by atoms with Gasteiger partial charge in [0.15, 0.2) is 0 Å². The molecular weight excluding hydrogens is 437 g/mol. The summed E-state index contributed by atoms with van der Waals surface area (Å²) in [7, 11) is 0. The molecule has 4 aromatic rings. The van der Waals surface area contributed by atoms with Crippen LogP contribution in [0.3, 0.4) is 0 Å². The fourth-order valence-corrected chi connectivity index (χ4v) is 4.24. The molecule has 1 amide bonds. The summed E-state index contributed by atoms with van der Waals surface area (Å²) < 4.78 is 46.0. The maximum atomic E-state index is 13.3. The number of ether oxygens (including phenoxy) is 1. The van der Waals surface area contributed by atoms with E-state index in [1.54, 1.807) is 41.3 Å². The van der Waals surface area contributed by atoms with Crippen LogP contribution in [-0.4, -0.2) is 58.1 Å². The average Bonchev–Trinajstić information content (AvgIpc) is 3.31. The minimum atomic E-state index is -4.59. The fraction of sp³-hybridized carbons (Fsp3) is 0.261. The molecule has 1 aliphatic rings. The van der Waals surface area contributed by atoms with Gasteiger partial charge in [0.05, 0.1) is 35.8 Å². The number of halogens is 3. The van der Waals surface area contributed by atoms with E-state index in [-0.39, 0.29) is 16.8 Å². The second-order valence-electron chi connectivity index (χ2n) is 7.85. The zero-order valence-electron chi connectivity index (χ0n) is 17.4. The molecule has 1 N–H and O–H groups in total. The number of alkyl halides is 3. The van der Waals surface area contributed by atoms with Crippen molar-refractivity contribution in [2.45, 2.75) is 12.7 Å². The number of nitrogens with one attached hydrogen (secondary N) is 1. The van der Waals surface area contributed by atoms with Gasteiger partial charge in [-0.05, 0) is 23.3 Å². The van der Waals surface area contributed by atoms with Gasteiger partial charge in [-0.15, -0.1) is 0 Å². The van der Waals surface area contributed by atoms with Gasteiger partial charge >= 0.3 is 6.18 Å². The Morgan fingerprint density at radius 3 is 2.61 bits per heavy atom. The number of hydrogen-bond acceptors (Lipinski definition) is 4. The third-order valence-corrected chi connectivity index (χ3v) is 5.78. The first-order valence-corrected chi connectivity index (χ1v) is 10.4. The van der Waals surface area contributed by atoms with E-state index in [0.29, 0.717) is 58.5 Å². The minimum Gasteiger partial charge on any atom is -0.378 e. The normalized spacial score (nSPS) is 14.8. The topological polar surface area (TPSA) is 80.2 Å². The molecule has 170 valence electrons. The average molecular weight is 456 g/mol. The molecule has 10 heteroatoms. The molecule has 2 aromatic carbocycles. The summed E-state index contributed by atoms with van der Waals surface area (Å²) in [5.41, 5.74) is 1.25. The molecule has 5 rings (SSSR count). The number of H-pyrrole nitrogens is 1. The minimum absolute atomic E-state index is 0.0856. The molecule has 33 heavy (non-hydrogen) atoms. The highest BCUT2D eigenvalue weighted by atomic mass is 19.4. The summed E-state index contributed by atoms with van der Waals surface area (Å²) in [6.07, 6.45) is -3.36. The van der Waals surface area contributed by atoms with Crippen LogP contribution >= 0.6 is 0 Å². The summed E-state index contributed by atoms with van der Waals surface area (Å²) in [4.78, 5) is 27.7. The Bertz CT molecular complexity index is 1420. The lowest BCUT2D eigenvalue weighted by Crippen LogP contribution is -2.40. The molecule has 1 saturated heterocycles. The van der Waals surface area contributed by atoms with Crippen molar-refractivity contribution in [3.8, 4) is 11.1 Å². The first-order valence-electron chi connectivity index (χ1n) is 10.4. The number of nitrogens with zero attached hydrogens (tertiary/aromatic N) is 3. The van der Waals surface area contributed by atoms with E-state index in [9.17, 15) is 22.8 Å². The van der Waals surface area contributed by atoms with Gasteiger partial charge in [0.2, 0.25) is 0 Å². The Morgan fingerprint density at radius 1 is 1.09 bits per heavy atom. The van der Waals surface area contributed by atoms with Crippen molar-refractivity contribution in [1.82, 2.24) is 19.7 Å². The van der Waals surface area contributed by atoms with Crippen LogP contribution in [0.1, 0.15) is 10.4 Å². The lowest BCUT2D eigenvalue weighted by atomic mass is 9.97. The molecular formula is C23H19F3N4O3. The van der Waals surface area contributed by atoms with Crippen LogP contribution in [0.2, 0.25) is 0 Å². The Kier molecular flexibility index (Phi) is 5.16. The molecule has 0 radical (unpaired) electrons. The number of hydrogen-bond donors (Lipinski definition) is 1. The van der Waals surface area contributed by atoms with Crippen molar-refractivity contribution in [3.05, 3.63) is 64.6 Å². The van der Waals surface area contributed by atoms with E-state index in [4.69, 9.17) is 4.74 Å². The lowest BCUT2D eigenvalue weighted by molar-refractivity contribution is -0.140. The van der Waals surface area contributed by atoms with Crippen LogP contribution in [0.15, 0.2) is 53.5 Å². The van der Waals surface area contributed by atoms with Gasteiger partial charge in [0.1, 0.15) is 6.54 Å². The van der Waals surface area contributed by atoms with Crippen molar-refractivity contribution in [2.75, 3.05) is 26.3 Å². The molecule has 1 fully saturated rings. The van der Waals surface area contributed by atoms with Crippen LogP contribution in [0, 0.1) is 0 Å². The predicted molar refractivity (Wildman–Crippen MR) is 116 cm³/mol. The Balaban J connectivity index is 1.69. The Hall–Kier alpha value is -3.66. The molecule has 0 saturated carbocycles. The van der Waals surface area contributed by atoms with Crippen LogP contribution in [0.4, 0.5) is 13.2 Å². The summed E-state index contributed by atoms with van der Waals surface area (Å²) in [5, 5.41) is 7.07. The number of benzene rings is 2. The van der Waals surface area contributed by atoms with Gasteiger partial charge in [-0.25, -0.2) is 0 Å². The monoisotopic (exact) mass is 456 g/mol. The lowest BCUT2D eigenvalue weighted by Gasteiger charge is -2.27. The first kappa shape index (κ1) is 21.2. The van der Waals surface area contributed by atoms with Gasteiger partial charge in [0.25, 0.3) is 11.5 Å². The number of rotatable bonds is 3. The number of carbonyl (C=O) groups is 1. The Labute approximate surface area is 185 Å².